The highest BCUT2D eigenvalue weighted by Gasteiger charge is 2.47. The van der Waals surface area contributed by atoms with Crippen molar-refractivity contribution in [1.29, 1.82) is 0 Å². The molecular formula is C45H27BF24O3S. The van der Waals surface area contributed by atoms with Gasteiger partial charge in [-0.25, -0.2) is 4.79 Å². The summed E-state index contributed by atoms with van der Waals surface area (Å²) in [5.41, 5.74) is -28.9. The predicted molar refractivity (Wildman–Crippen MR) is 222 cm³/mol. The average Bonchev–Trinajstić information content (AvgIpc) is 3.23. The number of benzene rings is 5. The molecule has 402 valence electrons. The fraction of sp³-hybridized carbons (Fsp3) is 0.267. The molecule has 0 fully saturated rings. The van der Waals surface area contributed by atoms with Crippen molar-refractivity contribution in [1.82, 2.24) is 0 Å². The second kappa shape index (κ2) is 19.8. The van der Waals surface area contributed by atoms with Crippen LogP contribution in [0.2, 0.25) is 0 Å². The van der Waals surface area contributed by atoms with Crippen molar-refractivity contribution in [2.45, 2.75) is 55.2 Å². The van der Waals surface area contributed by atoms with E-state index in [-0.39, 0.29) is 16.5 Å². The van der Waals surface area contributed by atoms with E-state index in [1.807, 2.05) is 12.1 Å². The van der Waals surface area contributed by atoms with Crippen molar-refractivity contribution in [3.05, 3.63) is 158 Å². The molecule has 5 aromatic carbocycles. The number of ether oxygens (including phenoxy) is 1. The largest absolute Gasteiger partial charge is 0.497 e. The van der Waals surface area contributed by atoms with E-state index < -0.39 is 195 Å². The molecule has 0 atom stereocenters. The fourth-order valence-corrected chi connectivity index (χ4v) is 8.70. The minimum atomic E-state index is -6.13. The van der Waals surface area contributed by atoms with E-state index in [0.29, 0.717) is 11.3 Å². The monoisotopic (exact) mass is 1110 g/mol. The lowest BCUT2D eigenvalue weighted by Gasteiger charge is -2.46. The maximum Gasteiger partial charge on any atom is 0.416 e. The summed E-state index contributed by atoms with van der Waals surface area (Å²) in [7, 11) is 1.85. The van der Waals surface area contributed by atoms with E-state index in [1.165, 1.54) is 0 Å². The third-order valence-corrected chi connectivity index (χ3v) is 11.8. The van der Waals surface area contributed by atoms with Gasteiger partial charge in [-0.2, -0.15) is 127 Å². The topological polar surface area (TPSA) is 39.4 Å². The minimum Gasteiger partial charge on any atom is -0.497 e. The smallest absolute Gasteiger partial charge is 0.416 e. The molecule has 0 spiro atoms. The molecule has 29 heteroatoms. The summed E-state index contributed by atoms with van der Waals surface area (Å²) in [5, 5.41) is 0.992. The van der Waals surface area contributed by atoms with Crippen molar-refractivity contribution in [3.63, 3.8) is 0 Å². The van der Waals surface area contributed by atoms with Crippen LogP contribution >= 0.6 is 0 Å². The SMILES string of the molecule is COc1ccc2c(C[S+](C)C)cc(=O)oc2c1.FC(F)(F)c1cc([B-](c2cc(C(F)(F)F)cc(C(F)(F)F)c2)(c2cc(C(F)(F)F)cc(C(F)(F)F)c2)c2cc(C(F)(F)F)cc(C(F)(F)F)c2)cc(C(F)(F)F)c1. The first-order chi connectivity index (χ1) is 33.4. The number of methoxy groups -OCH3 is 1. The van der Waals surface area contributed by atoms with Crippen LogP contribution < -0.4 is 32.2 Å². The van der Waals surface area contributed by atoms with Crippen LogP contribution in [0.5, 0.6) is 5.75 Å². The van der Waals surface area contributed by atoms with Gasteiger partial charge in [0.2, 0.25) is 0 Å². The van der Waals surface area contributed by atoms with E-state index in [2.05, 4.69) is 12.5 Å². The predicted octanol–water partition coefficient (Wildman–Crippen LogP) is 13.4. The van der Waals surface area contributed by atoms with Gasteiger partial charge in [-0.1, -0.05) is 48.5 Å². The Labute approximate surface area is 402 Å². The summed E-state index contributed by atoms with van der Waals surface area (Å²) in [4.78, 5) is 11.5. The van der Waals surface area contributed by atoms with Gasteiger partial charge in [0.05, 0.1) is 64.1 Å². The normalized spacial score (nSPS) is 13.6. The molecule has 0 amide bonds. The quantitative estimate of drug-likeness (QED) is 0.0692. The Balaban J connectivity index is 0.000000500. The van der Waals surface area contributed by atoms with Crippen LogP contribution in [0.4, 0.5) is 105 Å². The first-order valence-electron chi connectivity index (χ1n) is 19.9. The van der Waals surface area contributed by atoms with Crippen LogP contribution in [-0.4, -0.2) is 25.8 Å². The molecule has 0 aliphatic carbocycles. The van der Waals surface area contributed by atoms with Crippen molar-refractivity contribution in [3.8, 4) is 5.75 Å². The molecule has 0 saturated carbocycles. The second-order valence-corrected chi connectivity index (χ2v) is 18.6. The van der Waals surface area contributed by atoms with E-state index >= 15 is 0 Å². The van der Waals surface area contributed by atoms with Gasteiger partial charge in [0.25, 0.3) is 0 Å². The summed E-state index contributed by atoms with van der Waals surface area (Å²) < 4.78 is 351. The van der Waals surface area contributed by atoms with Crippen LogP contribution in [0.25, 0.3) is 11.0 Å². The minimum absolute atomic E-state index is 0.250. The molecule has 1 aromatic heterocycles. The summed E-state index contributed by atoms with van der Waals surface area (Å²) in [6.45, 7) is 0. The molecule has 0 saturated heterocycles. The molecule has 0 aliphatic rings. The summed E-state index contributed by atoms with van der Waals surface area (Å²) in [6.07, 6.45) is -50.5. The third-order valence-electron chi connectivity index (χ3n) is 10.9. The summed E-state index contributed by atoms with van der Waals surface area (Å²) >= 11 is 0. The van der Waals surface area contributed by atoms with Gasteiger partial charge in [0, 0.05) is 23.1 Å². The molecule has 74 heavy (non-hydrogen) atoms. The van der Waals surface area contributed by atoms with Gasteiger partial charge >= 0.3 is 55.0 Å². The lowest BCUT2D eigenvalue weighted by molar-refractivity contribution is -0.144. The van der Waals surface area contributed by atoms with Crippen LogP contribution in [0.3, 0.4) is 0 Å². The van der Waals surface area contributed by atoms with Crippen molar-refractivity contribution >= 4 is 49.9 Å². The molecule has 0 aliphatic heterocycles. The Hall–Kier alpha value is -6.16. The number of hydrogen-bond donors (Lipinski definition) is 0. The Kier molecular flexibility index (Phi) is 15.8. The highest BCUT2D eigenvalue weighted by molar-refractivity contribution is 7.94. The molecule has 6 aromatic rings. The van der Waals surface area contributed by atoms with Gasteiger partial charge in [-0.3, -0.25) is 0 Å². The summed E-state index contributed by atoms with van der Waals surface area (Å²) in [6, 6.07) is -1.64. The lowest BCUT2D eigenvalue weighted by atomic mass is 9.12. The second-order valence-electron chi connectivity index (χ2n) is 16.3. The summed E-state index contributed by atoms with van der Waals surface area (Å²) in [5.74, 6) is 1.60. The van der Waals surface area contributed by atoms with Gasteiger partial charge in [-0.15, -0.1) is 0 Å². The highest BCUT2D eigenvalue weighted by Crippen LogP contribution is 2.41. The number of fused-ring (bicyclic) bond motifs is 1. The van der Waals surface area contributed by atoms with Gasteiger partial charge < -0.3 is 9.15 Å². The molecule has 0 N–H and O–H groups in total. The van der Waals surface area contributed by atoms with Crippen LogP contribution in [0.15, 0.2) is 106 Å². The van der Waals surface area contributed by atoms with E-state index in [4.69, 9.17) is 9.15 Å². The first-order valence-corrected chi connectivity index (χ1v) is 22.1. The van der Waals surface area contributed by atoms with Gasteiger partial charge in [-0.05, 0) is 47.3 Å². The molecule has 0 bridgehead atoms. The van der Waals surface area contributed by atoms with Crippen LogP contribution in [-0.2, 0) is 66.1 Å². The van der Waals surface area contributed by atoms with Crippen molar-refractivity contribution in [2.75, 3.05) is 19.6 Å². The number of rotatable bonds is 7. The van der Waals surface area contributed by atoms with Crippen molar-refractivity contribution in [2.24, 2.45) is 0 Å². The first kappa shape index (κ1) is 58.7. The standard InChI is InChI=1S/C32H12BF24.C13H15O3S/c34-25(35,36)13-1-14(26(37,38)39)6-21(5-13)33(22-7-15(27(40,41)42)2-16(8-22)28(43,44)45,23-9-17(29(46,47)48)3-18(10-23)30(49,50)51)24-11-19(31(52,53)54)4-20(12-24)32(55,56)57;1-15-10-4-5-11-9(8-17(2)3)6-13(14)16-12(11)7-10/h1-12H;4-7H,8H2,1-3H3/q-1;+1. The maximum atomic E-state index is 14.2. The number of hydrogen-bond acceptors (Lipinski definition) is 3. The average molecular weight is 1110 g/mol. The molecule has 0 radical (unpaired) electrons. The molecule has 3 nitrogen and oxygen atoms in total. The zero-order valence-electron chi connectivity index (χ0n) is 36.7. The molecule has 0 unspecified atom stereocenters. The van der Waals surface area contributed by atoms with Crippen molar-refractivity contribution < 1.29 is 115 Å². The Morgan fingerprint density at radius 1 is 0.405 bits per heavy atom. The molecular weight excluding hydrogens is 1090 g/mol. The van der Waals surface area contributed by atoms with Crippen LogP contribution in [0, 0.1) is 0 Å². The zero-order valence-corrected chi connectivity index (χ0v) is 37.5. The van der Waals surface area contributed by atoms with Gasteiger partial charge in [0.1, 0.15) is 23.2 Å². The Morgan fingerprint density at radius 2 is 0.662 bits per heavy atom. The zero-order chi connectivity index (χ0) is 56.3. The number of alkyl halides is 24. The fourth-order valence-electron chi connectivity index (χ4n) is 7.84. The van der Waals surface area contributed by atoms with E-state index in [9.17, 15) is 110 Å². The molecule has 6 rings (SSSR count). The van der Waals surface area contributed by atoms with E-state index in [1.54, 1.807) is 19.2 Å². The highest BCUT2D eigenvalue weighted by atomic mass is 32.2. The van der Waals surface area contributed by atoms with E-state index in [0.717, 1.165) is 16.7 Å². The Morgan fingerprint density at radius 3 is 0.878 bits per heavy atom. The third kappa shape index (κ3) is 13.2. The maximum absolute atomic E-state index is 14.2. The van der Waals surface area contributed by atoms with Gasteiger partial charge in [0.15, 0.2) is 0 Å². The Bertz CT molecular complexity index is 2640. The van der Waals surface area contributed by atoms with Crippen LogP contribution in [0.1, 0.15) is 50.1 Å². The lowest BCUT2D eigenvalue weighted by Crippen LogP contribution is -2.75. The number of halogens is 24. The molecule has 1 heterocycles.